The summed E-state index contributed by atoms with van der Waals surface area (Å²) in [7, 11) is 0. The quantitative estimate of drug-likeness (QED) is 0.370. The highest BCUT2D eigenvalue weighted by atomic mass is 32.2. The van der Waals surface area contributed by atoms with Gasteiger partial charge >= 0.3 is 0 Å². The maximum absolute atomic E-state index is 12.3. The molecule has 0 radical (unpaired) electrons. The van der Waals surface area contributed by atoms with Crippen LogP contribution >= 0.6 is 11.8 Å². The van der Waals surface area contributed by atoms with Crippen molar-refractivity contribution in [3.8, 4) is 11.4 Å². The third kappa shape index (κ3) is 3.86. The van der Waals surface area contributed by atoms with Crippen LogP contribution in [0, 0.1) is 10.1 Å². The Kier molecular flexibility index (Phi) is 5.02. The second-order valence-corrected chi connectivity index (χ2v) is 7.20. The maximum atomic E-state index is 12.3. The number of pyridine rings is 1. The van der Waals surface area contributed by atoms with E-state index in [0.29, 0.717) is 11.2 Å². The molecule has 1 amide bonds. The lowest BCUT2D eigenvalue weighted by Crippen LogP contribution is -2.15. The molecule has 0 aliphatic heterocycles. The van der Waals surface area contributed by atoms with Crippen LogP contribution in [0.25, 0.3) is 11.4 Å². The first-order valence-electron chi connectivity index (χ1n) is 8.65. The summed E-state index contributed by atoms with van der Waals surface area (Å²) in [4.78, 5) is 27.0. The summed E-state index contributed by atoms with van der Waals surface area (Å²) in [6, 6.07) is 10.1. The zero-order valence-corrected chi connectivity index (χ0v) is 15.5. The molecule has 1 aromatic carbocycles. The first-order valence-corrected chi connectivity index (χ1v) is 9.63. The van der Waals surface area contributed by atoms with Crippen molar-refractivity contribution in [2.45, 2.75) is 24.0 Å². The van der Waals surface area contributed by atoms with Crippen LogP contribution in [0.1, 0.15) is 18.9 Å². The standard InChI is InChI=1S/C18H16N6O3S/c25-16(20-14-5-1-2-6-15(14)24(26)27)11-28-18-22-21-17(23(18)13-7-8-13)12-4-3-9-19-10-12/h1-6,9-10,13H,7-8,11H2,(H,20,25). The Morgan fingerprint density at radius 2 is 2.07 bits per heavy atom. The number of nitro benzene ring substituents is 1. The number of carbonyl (C=O) groups is 1. The number of hydrogen-bond acceptors (Lipinski definition) is 7. The van der Waals surface area contributed by atoms with E-state index in [1.165, 1.54) is 23.9 Å². The van der Waals surface area contributed by atoms with Gasteiger partial charge in [0.25, 0.3) is 5.69 Å². The molecule has 1 aliphatic carbocycles. The Hall–Kier alpha value is -3.27. The number of thioether (sulfide) groups is 1. The zero-order chi connectivity index (χ0) is 19.5. The van der Waals surface area contributed by atoms with Gasteiger partial charge in [-0.15, -0.1) is 10.2 Å². The van der Waals surface area contributed by atoms with Gasteiger partial charge in [-0.3, -0.25) is 24.5 Å². The summed E-state index contributed by atoms with van der Waals surface area (Å²) in [6.45, 7) is 0. The Morgan fingerprint density at radius 1 is 1.25 bits per heavy atom. The summed E-state index contributed by atoms with van der Waals surface area (Å²) in [5.74, 6) is 0.467. The number of hydrogen-bond donors (Lipinski definition) is 1. The topological polar surface area (TPSA) is 116 Å². The Bertz CT molecular complexity index is 1020. The second-order valence-electron chi connectivity index (χ2n) is 6.26. The molecule has 1 fully saturated rings. The smallest absolute Gasteiger partial charge is 0.292 e. The fourth-order valence-corrected chi connectivity index (χ4v) is 3.59. The van der Waals surface area contributed by atoms with Crippen molar-refractivity contribution >= 4 is 29.0 Å². The van der Waals surface area contributed by atoms with Gasteiger partial charge in [0, 0.05) is 30.1 Å². The second kappa shape index (κ2) is 7.77. The van der Waals surface area contributed by atoms with E-state index in [0.717, 1.165) is 24.2 Å². The largest absolute Gasteiger partial charge is 0.320 e. The van der Waals surface area contributed by atoms with Crippen LogP contribution in [0.2, 0.25) is 0 Å². The number of anilines is 1. The zero-order valence-electron chi connectivity index (χ0n) is 14.7. The van der Waals surface area contributed by atoms with Crippen LogP contribution < -0.4 is 5.32 Å². The molecule has 2 heterocycles. The van der Waals surface area contributed by atoms with Crippen molar-refractivity contribution < 1.29 is 9.72 Å². The number of rotatable bonds is 7. The molecule has 1 aliphatic rings. The Balaban J connectivity index is 1.48. The number of nitrogens with zero attached hydrogens (tertiary/aromatic N) is 5. The molecule has 0 unspecified atom stereocenters. The van der Waals surface area contributed by atoms with Gasteiger partial charge in [0.1, 0.15) is 5.69 Å². The number of nitrogens with one attached hydrogen (secondary N) is 1. The molecule has 1 saturated carbocycles. The lowest BCUT2D eigenvalue weighted by atomic mass is 10.2. The third-order valence-electron chi connectivity index (χ3n) is 4.20. The van der Waals surface area contributed by atoms with E-state index in [9.17, 15) is 14.9 Å². The van der Waals surface area contributed by atoms with Crippen molar-refractivity contribution in [3.05, 3.63) is 58.9 Å². The average Bonchev–Trinajstić information content (AvgIpc) is 3.46. The first kappa shape index (κ1) is 18.1. The van der Waals surface area contributed by atoms with Crippen LogP contribution in [0.3, 0.4) is 0 Å². The average molecular weight is 396 g/mol. The van der Waals surface area contributed by atoms with Crippen LogP contribution in [0.5, 0.6) is 0 Å². The van der Waals surface area contributed by atoms with Crippen LogP contribution in [-0.4, -0.2) is 36.3 Å². The molecule has 0 spiro atoms. The van der Waals surface area contributed by atoms with E-state index >= 15 is 0 Å². The number of amides is 1. The van der Waals surface area contributed by atoms with E-state index in [1.54, 1.807) is 24.5 Å². The van der Waals surface area contributed by atoms with Crippen LogP contribution in [-0.2, 0) is 4.79 Å². The van der Waals surface area contributed by atoms with E-state index in [4.69, 9.17) is 0 Å². The number of aromatic nitrogens is 4. The SMILES string of the molecule is O=C(CSc1nnc(-c2cccnc2)n1C1CC1)Nc1ccccc1[N+](=O)[O-]. The van der Waals surface area contributed by atoms with E-state index in [1.807, 2.05) is 16.7 Å². The predicted molar refractivity (Wildman–Crippen MR) is 104 cm³/mol. The van der Waals surface area contributed by atoms with E-state index in [2.05, 4.69) is 20.5 Å². The Morgan fingerprint density at radius 3 is 2.79 bits per heavy atom. The van der Waals surface area contributed by atoms with Crippen molar-refractivity contribution in [2.75, 3.05) is 11.1 Å². The van der Waals surface area contributed by atoms with Gasteiger partial charge in [0.15, 0.2) is 11.0 Å². The minimum atomic E-state index is -0.521. The Labute approximate surface area is 164 Å². The van der Waals surface area contributed by atoms with Gasteiger partial charge in [-0.25, -0.2) is 0 Å². The fourth-order valence-electron chi connectivity index (χ4n) is 2.78. The highest BCUT2D eigenvalue weighted by Crippen LogP contribution is 2.41. The van der Waals surface area contributed by atoms with Gasteiger partial charge in [-0.1, -0.05) is 23.9 Å². The molecular weight excluding hydrogens is 380 g/mol. The molecule has 0 atom stereocenters. The minimum Gasteiger partial charge on any atom is -0.320 e. The van der Waals surface area contributed by atoms with Crippen molar-refractivity contribution in [3.63, 3.8) is 0 Å². The molecule has 3 aromatic rings. The third-order valence-corrected chi connectivity index (χ3v) is 5.15. The molecular formula is C18H16N6O3S. The normalized spacial score (nSPS) is 13.3. The van der Waals surface area contributed by atoms with Gasteiger partial charge in [-0.05, 0) is 31.0 Å². The molecule has 9 nitrogen and oxygen atoms in total. The van der Waals surface area contributed by atoms with Crippen molar-refractivity contribution in [2.24, 2.45) is 0 Å². The predicted octanol–water partition coefficient (Wildman–Crippen LogP) is 3.31. The molecule has 28 heavy (non-hydrogen) atoms. The summed E-state index contributed by atoms with van der Waals surface area (Å²) in [5, 5.41) is 22.8. The molecule has 1 N–H and O–H groups in total. The maximum Gasteiger partial charge on any atom is 0.292 e. The molecule has 4 rings (SSSR count). The lowest BCUT2D eigenvalue weighted by molar-refractivity contribution is -0.383. The number of para-hydroxylation sites is 2. The molecule has 10 heteroatoms. The minimum absolute atomic E-state index is 0.0734. The first-order chi connectivity index (χ1) is 13.6. The monoisotopic (exact) mass is 396 g/mol. The molecule has 142 valence electrons. The molecule has 0 bridgehead atoms. The summed E-state index contributed by atoms with van der Waals surface area (Å²) >= 11 is 1.26. The van der Waals surface area contributed by atoms with E-state index < -0.39 is 4.92 Å². The molecule has 2 aromatic heterocycles. The van der Waals surface area contributed by atoms with Gasteiger partial charge < -0.3 is 5.32 Å². The highest BCUT2D eigenvalue weighted by molar-refractivity contribution is 7.99. The lowest BCUT2D eigenvalue weighted by Gasteiger charge is -2.09. The van der Waals surface area contributed by atoms with Gasteiger partial charge in [0.2, 0.25) is 5.91 Å². The van der Waals surface area contributed by atoms with Crippen LogP contribution in [0.15, 0.2) is 53.9 Å². The van der Waals surface area contributed by atoms with Gasteiger partial charge in [-0.2, -0.15) is 0 Å². The highest BCUT2D eigenvalue weighted by Gasteiger charge is 2.30. The fraction of sp³-hybridized carbons (Fsp3) is 0.222. The number of carbonyl (C=O) groups excluding carboxylic acids is 1. The summed E-state index contributed by atoms with van der Waals surface area (Å²) in [6.07, 6.45) is 5.52. The number of nitro groups is 1. The number of benzene rings is 1. The van der Waals surface area contributed by atoms with Crippen molar-refractivity contribution in [1.82, 2.24) is 19.7 Å². The summed E-state index contributed by atoms with van der Waals surface area (Å²) < 4.78 is 2.04. The van der Waals surface area contributed by atoms with Crippen LogP contribution in [0.4, 0.5) is 11.4 Å². The van der Waals surface area contributed by atoms with E-state index in [-0.39, 0.29) is 23.0 Å². The van der Waals surface area contributed by atoms with Crippen molar-refractivity contribution in [1.29, 1.82) is 0 Å². The molecule has 0 saturated heterocycles. The summed E-state index contributed by atoms with van der Waals surface area (Å²) in [5.41, 5.74) is 0.914. The van der Waals surface area contributed by atoms with Gasteiger partial charge in [0.05, 0.1) is 10.7 Å².